The third kappa shape index (κ3) is 7.68. The van der Waals surface area contributed by atoms with Crippen LogP contribution in [0.3, 0.4) is 0 Å². The number of aliphatic hydroxyl groups is 1. The number of halogens is 1. The van der Waals surface area contributed by atoms with Gasteiger partial charge in [0.2, 0.25) is 5.91 Å². The lowest BCUT2D eigenvalue weighted by atomic mass is 10.2. The molecule has 5 N–H and O–H groups in total. The number of carbonyl (C=O) groups is 1. The Morgan fingerprint density at radius 3 is 2.22 bits per heavy atom. The van der Waals surface area contributed by atoms with Crippen molar-refractivity contribution >= 4 is 18.3 Å². The highest BCUT2D eigenvalue weighted by Crippen LogP contribution is 1.81. The van der Waals surface area contributed by atoms with Gasteiger partial charge in [0.25, 0.3) is 0 Å². The van der Waals surface area contributed by atoms with Crippen LogP contribution in [0.1, 0.15) is 6.42 Å². The van der Waals surface area contributed by atoms with Crippen molar-refractivity contribution in [3.8, 4) is 0 Å². The Labute approximate surface area is 59.6 Å². The van der Waals surface area contributed by atoms with Crippen LogP contribution in [-0.2, 0) is 4.79 Å². The molecule has 5 heteroatoms. The summed E-state index contributed by atoms with van der Waals surface area (Å²) in [5.74, 6) is -0.480. The molecule has 56 valence electrons. The molecule has 0 heterocycles. The second-order valence-corrected chi connectivity index (χ2v) is 1.61. The summed E-state index contributed by atoms with van der Waals surface area (Å²) in [4.78, 5) is 10.00. The zero-order valence-electron chi connectivity index (χ0n) is 4.91. The summed E-state index contributed by atoms with van der Waals surface area (Å²) in [6, 6.07) is -0.493. The maximum Gasteiger partial charge on any atom is 0.219 e. The third-order valence-corrected chi connectivity index (χ3v) is 0.698. The molecule has 0 aromatic heterocycles. The molecule has 0 aromatic rings. The average molecular weight is 155 g/mol. The summed E-state index contributed by atoms with van der Waals surface area (Å²) in [7, 11) is 0. The molecule has 4 nitrogen and oxygen atoms in total. The van der Waals surface area contributed by atoms with Gasteiger partial charge in [-0.1, -0.05) is 0 Å². The van der Waals surface area contributed by atoms with E-state index in [1.165, 1.54) is 0 Å². The van der Waals surface area contributed by atoms with Crippen LogP contribution in [0.5, 0.6) is 0 Å². The van der Waals surface area contributed by atoms with Crippen LogP contribution in [0.2, 0.25) is 0 Å². The zero-order chi connectivity index (χ0) is 6.57. The highest BCUT2D eigenvalue weighted by molar-refractivity contribution is 5.85. The van der Waals surface area contributed by atoms with Crippen LogP contribution in [-0.4, -0.2) is 23.7 Å². The van der Waals surface area contributed by atoms with E-state index in [-0.39, 0.29) is 25.4 Å². The van der Waals surface area contributed by atoms with E-state index in [9.17, 15) is 4.79 Å². The van der Waals surface area contributed by atoms with E-state index in [4.69, 9.17) is 16.6 Å². The summed E-state index contributed by atoms with van der Waals surface area (Å²) in [6.07, 6.45) is 0.0521. The maximum absolute atomic E-state index is 10.00. The first-order valence-electron chi connectivity index (χ1n) is 2.31. The van der Waals surface area contributed by atoms with Gasteiger partial charge in [0.15, 0.2) is 0 Å². The molecule has 1 amide bonds. The van der Waals surface area contributed by atoms with Crippen LogP contribution in [0.15, 0.2) is 0 Å². The molecule has 0 saturated heterocycles. The molecule has 0 bridgehead atoms. The Morgan fingerprint density at radius 2 is 2.11 bits per heavy atom. The van der Waals surface area contributed by atoms with E-state index in [0.717, 1.165) is 0 Å². The second kappa shape index (κ2) is 5.81. The summed E-state index contributed by atoms with van der Waals surface area (Å²) in [5, 5.41) is 8.25. The van der Waals surface area contributed by atoms with E-state index in [1.54, 1.807) is 0 Å². The Morgan fingerprint density at radius 1 is 1.67 bits per heavy atom. The van der Waals surface area contributed by atoms with Gasteiger partial charge in [-0.05, 0) is 0 Å². The molecule has 0 spiro atoms. The molecule has 0 fully saturated rings. The van der Waals surface area contributed by atoms with Crippen molar-refractivity contribution in [2.75, 3.05) is 6.61 Å². The minimum atomic E-state index is -0.493. The number of primary amides is 1. The van der Waals surface area contributed by atoms with Crippen LogP contribution in [0.25, 0.3) is 0 Å². The van der Waals surface area contributed by atoms with Crippen molar-refractivity contribution < 1.29 is 9.90 Å². The molecule has 9 heavy (non-hydrogen) atoms. The van der Waals surface area contributed by atoms with Gasteiger partial charge < -0.3 is 16.6 Å². The molecule has 0 radical (unpaired) electrons. The lowest BCUT2D eigenvalue weighted by molar-refractivity contribution is -0.118. The van der Waals surface area contributed by atoms with Gasteiger partial charge in [0.1, 0.15) is 0 Å². The fourth-order valence-electron chi connectivity index (χ4n) is 0.323. The molecular formula is C4H11ClN2O2. The summed E-state index contributed by atoms with van der Waals surface area (Å²) >= 11 is 0. The van der Waals surface area contributed by atoms with Crippen LogP contribution >= 0.6 is 12.4 Å². The first kappa shape index (κ1) is 11.5. The van der Waals surface area contributed by atoms with Gasteiger partial charge in [-0.3, -0.25) is 4.79 Å². The molecule has 1 unspecified atom stereocenters. The van der Waals surface area contributed by atoms with Gasteiger partial charge in [-0.25, -0.2) is 0 Å². The fourth-order valence-corrected chi connectivity index (χ4v) is 0.323. The van der Waals surface area contributed by atoms with E-state index in [0.29, 0.717) is 0 Å². The number of amides is 1. The van der Waals surface area contributed by atoms with E-state index in [1.807, 2.05) is 0 Å². The highest BCUT2D eigenvalue weighted by atomic mass is 35.5. The monoisotopic (exact) mass is 154 g/mol. The van der Waals surface area contributed by atoms with Gasteiger partial charge in [-0.15, -0.1) is 12.4 Å². The lowest BCUT2D eigenvalue weighted by Gasteiger charge is -2.01. The molecule has 0 saturated carbocycles. The van der Waals surface area contributed by atoms with Crippen molar-refractivity contribution in [3.63, 3.8) is 0 Å². The summed E-state index contributed by atoms with van der Waals surface area (Å²) in [6.45, 7) is -0.192. The van der Waals surface area contributed by atoms with E-state index >= 15 is 0 Å². The predicted molar refractivity (Wildman–Crippen MR) is 36.1 cm³/mol. The first-order valence-corrected chi connectivity index (χ1v) is 2.31. The second-order valence-electron chi connectivity index (χ2n) is 1.61. The van der Waals surface area contributed by atoms with Crippen LogP contribution in [0, 0.1) is 0 Å². The van der Waals surface area contributed by atoms with Gasteiger partial charge in [-0.2, -0.15) is 0 Å². The highest BCUT2D eigenvalue weighted by Gasteiger charge is 2.02. The summed E-state index contributed by atoms with van der Waals surface area (Å²) in [5.41, 5.74) is 9.86. The molecule has 0 aromatic carbocycles. The summed E-state index contributed by atoms with van der Waals surface area (Å²) < 4.78 is 0. The first-order chi connectivity index (χ1) is 3.66. The molecule has 0 rings (SSSR count). The predicted octanol–water partition coefficient (Wildman–Crippen LogP) is -1.40. The normalized spacial score (nSPS) is 11.8. The molecule has 0 aliphatic rings. The Kier molecular flexibility index (Phi) is 7.41. The van der Waals surface area contributed by atoms with Gasteiger partial charge >= 0.3 is 0 Å². The average Bonchev–Trinajstić information content (AvgIpc) is 1.65. The molecule has 0 aliphatic carbocycles. The Bertz CT molecular complexity index is 88.6. The van der Waals surface area contributed by atoms with E-state index < -0.39 is 11.9 Å². The lowest BCUT2D eigenvalue weighted by Crippen LogP contribution is -2.30. The van der Waals surface area contributed by atoms with Gasteiger partial charge in [0.05, 0.1) is 6.61 Å². The SMILES string of the molecule is Cl.NC(=O)CC(N)CO. The molecule has 1 atom stereocenters. The van der Waals surface area contributed by atoms with Gasteiger partial charge in [0, 0.05) is 12.5 Å². The third-order valence-electron chi connectivity index (χ3n) is 0.698. The van der Waals surface area contributed by atoms with Crippen LogP contribution < -0.4 is 11.5 Å². The van der Waals surface area contributed by atoms with Crippen molar-refractivity contribution in [1.29, 1.82) is 0 Å². The smallest absolute Gasteiger partial charge is 0.219 e. The maximum atomic E-state index is 10.00. The van der Waals surface area contributed by atoms with E-state index in [2.05, 4.69) is 0 Å². The zero-order valence-corrected chi connectivity index (χ0v) is 5.73. The van der Waals surface area contributed by atoms with Crippen molar-refractivity contribution in [2.45, 2.75) is 12.5 Å². The largest absolute Gasteiger partial charge is 0.395 e. The van der Waals surface area contributed by atoms with Crippen LogP contribution in [0.4, 0.5) is 0 Å². The number of nitrogens with two attached hydrogens (primary N) is 2. The molecular weight excluding hydrogens is 144 g/mol. The number of hydrogen-bond donors (Lipinski definition) is 3. The van der Waals surface area contributed by atoms with Crippen molar-refractivity contribution in [2.24, 2.45) is 11.5 Å². The standard InChI is InChI=1S/C4H10N2O2.ClH/c5-3(2-7)1-4(6)8;/h3,7H,1-2,5H2,(H2,6,8);1H. The fraction of sp³-hybridized carbons (Fsp3) is 0.750. The Hall–Kier alpha value is -0.320. The minimum Gasteiger partial charge on any atom is -0.395 e. The Balaban J connectivity index is 0. The minimum absolute atomic E-state index is 0. The molecule has 0 aliphatic heterocycles. The van der Waals surface area contributed by atoms with Crippen molar-refractivity contribution in [3.05, 3.63) is 0 Å². The number of aliphatic hydroxyl groups excluding tert-OH is 1. The number of carbonyl (C=O) groups excluding carboxylic acids is 1. The quantitative estimate of drug-likeness (QED) is 0.467. The number of hydrogen-bond acceptors (Lipinski definition) is 3. The van der Waals surface area contributed by atoms with Crippen molar-refractivity contribution in [1.82, 2.24) is 0 Å². The topological polar surface area (TPSA) is 89.3 Å². The number of rotatable bonds is 3.